The number of ether oxygens (including phenoxy) is 2. The van der Waals surface area contributed by atoms with Crippen molar-refractivity contribution in [3.63, 3.8) is 0 Å². The largest absolute Gasteiger partial charge is 0.503 e. The number of hydrogen-bond donors (Lipinski definition) is 5. The second-order valence-electron chi connectivity index (χ2n) is 2.52. The molecule has 0 unspecified atom stereocenters. The van der Waals surface area contributed by atoms with Crippen LogP contribution in [-0.2, 0) is 24.4 Å². The van der Waals surface area contributed by atoms with Crippen LogP contribution in [0.15, 0.2) is 0 Å². The second kappa shape index (κ2) is 15.4. The molecule has 0 fully saturated rings. The van der Waals surface area contributed by atoms with Gasteiger partial charge in [0.1, 0.15) is 0 Å². The maximum absolute atomic E-state index is 8.56. The van der Waals surface area contributed by atoms with Gasteiger partial charge in [0, 0.05) is 20.1 Å². The number of hydrogen-bond acceptors (Lipinski definition) is 8. The van der Waals surface area contributed by atoms with Crippen LogP contribution in [0.25, 0.3) is 0 Å². The van der Waals surface area contributed by atoms with Gasteiger partial charge in [-0.1, -0.05) is 0 Å². The summed E-state index contributed by atoms with van der Waals surface area (Å²) in [4.78, 5) is 21.6. The third-order valence-corrected chi connectivity index (χ3v) is 1.03. The van der Waals surface area contributed by atoms with Crippen molar-refractivity contribution in [1.29, 1.82) is 0 Å². The van der Waals surface area contributed by atoms with Crippen LogP contribution in [0.2, 0.25) is 0 Å². The Morgan fingerprint density at radius 3 is 1.45 bits per heavy atom. The lowest BCUT2D eigenvalue weighted by molar-refractivity contribution is -0.676. The molecule has 0 aromatic rings. The van der Waals surface area contributed by atoms with Gasteiger partial charge in [-0.2, -0.15) is 0 Å². The number of rotatable bonds is 7. The van der Waals surface area contributed by atoms with E-state index in [0.29, 0.717) is 13.2 Å². The lowest BCUT2D eigenvalue weighted by atomic mass is 10.6. The zero-order chi connectivity index (χ0) is 16.6. The Hall–Kier alpha value is -1.70. The predicted octanol–water partition coefficient (Wildman–Crippen LogP) is 1.53. The SMILES string of the molecule is CCOC(C)(OCC)OOOO.O=C(O)O.O=C(O)O. The van der Waals surface area contributed by atoms with E-state index in [0.717, 1.165) is 0 Å². The Bertz CT molecular complexity index is 216. The van der Waals surface area contributed by atoms with Crippen LogP contribution in [0, 0.1) is 0 Å². The van der Waals surface area contributed by atoms with E-state index in [4.69, 9.17) is 44.7 Å². The van der Waals surface area contributed by atoms with E-state index in [1.165, 1.54) is 6.92 Å². The fraction of sp³-hybridized carbons (Fsp3) is 0.750. The molecule has 0 saturated heterocycles. The van der Waals surface area contributed by atoms with Gasteiger partial charge in [0.05, 0.1) is 0 Å². The van der Waals surface area contributed by atoms with Crippen LogP contribution in [0.3, 0.4) is 0 Å². The Morgan fingerprint density at radius 2 is 1.25 bits per heavy atom. The van der Waals surface area contributed by atoms with Gasteiger partial charge >= 0.3 is 18.3 Å². The quantitative estimate of drug-likeness (QED) is 0.260. The maximum atomic E-state index is 8.56. The molecule has 20 heavy (non-hydrogen) atoms. The summed E-state index contributed by atoms with van der Waals surface area (Å²) in [5.41, 5.74) is 0. The zero-order valence-corrected chi connectivity index (χ0v) is 11.0. The molecule has 0 amide bonds. The number of carbonyl (C=O) groups is 2. The van der Waals surface area contributed by atoms with Crippen LogP contribution in [0.4, 0.5) is 9.59 Å². The molecule has 0 rings (SSSR count). The van der Waals surface area contributed by atoms with E-state index in [2.05, 4.69) is 15.0 Å². The molecular formula is C8H18O12. The second-order valence-corrected chi connectivity index (χ2v) is 2.52. The molecule has 0 aliphatic carbocycles. The molecule has 0 aliphatic heterocycles. The summed E-state index contributed by atoms with van der Waals surface area (Å²) in [5.74, 6) is -1.35. The van der Waals surface area contributed by atoms with E-state index >= 15 is 0 Å². The van der Waals surface area contributed by atoms with Crippen molar-refractivity contribution in [1.82, 2.24) is 0 Å². The highest BCUT2D eigenvalue weighted by Gasteiger charge is 2.28. The van der Waals surface area contributed by atoms with Gasteiger partial charge in [0.15, 0.2) is 0 Å². The van der Waals surface area contributed by atoms with E-state index < -0.39 is 18.3 Å². The minimum absolute atomic E-state index is 0.380. The van der Waals surface area contributed by atoms with Crippen molar-refractivity contribution < 1.29 is 59.7 Å². The molecule has 0 bridgehead atoms. The minimum atomic E-state index is -1.83. The van der Waals surface area contributed by atoms with Gasteiger partial charge in [0.25, 0.3) is 0 Å². The molecule has 12 nitrogen and oxygen atoms in total. The highest BCUT2D eigenvalue weighted by molar-refractivity contribution is 5.53. The maximum Gasteiger partial charge on any atom is 0.503 e. The fourth-order valence-electron chi connectivity index (χ4n) is 0.691. The summed E-state index contributed by atoms with van der Waals surface area (Å²) < 4.78 is 10.0. The Kier molecular flexibility index (Phi) is 18.0. The van der Waals surface area contributed by atoms with E-state index in [9.17, 15) is 0 Å². The van der Waals surface area contributed by atoms with Gasteiger partial charge in [-0.3, -0.25) is 0 Å². The van der Waals surface area contributed by atoms with Crippen LogP contribution in [-0.4, -0.2) is 57.2 Å². The first-order valence-corrected chi connectivity index (χ1v) is 4.92. The lowest BCUT2D eigenvalue weighted by Gasteiger charge is -2.25. The normalized spacial score (nSPS) is 9.60. The summed E-state index contributed by atoms with van der Waals surface area (Å²) in [6.45, 7) is 5.77. The highest BCUT2D eigenvalue weighted by atomic mass is 17.7. The fourth-order valence-corrected chi connectivity index (χ4v) is 0.691. The minimum Gasteiger partial charge on any atom is -0.450 e. The number of carboxylic acid groups (broad SMARTS) is 4. The van der Waals surface area contributed by atoms with Crippen molar-refractivity contribution in [3.05, 3.63) is 0 Å². The molecule has 0 aromatic heterocycles. The molecule has 0 aromatic carbocycles. The average Bonchev–Trinajstić information content (AvgIpc) is 2.25. The monoisotopic (exact) mass is 306 g/mol. The molecule has 0 saturated carbocycles. The summed E-state index contributed by atoms with van der Waals surface area (Å²) in [6.07, 6.45) is -3.67. The average molecular weight is 306 g/mol. The third-order valence-electron chi connectivity index (χ3n) is 1.03. The van der Waals surface area contributed by atoms with Crippen molar-refractivity contribution >= 4 is 12.3 Å². The molecule has 0 spiro atoms. The van der Waals surface area contributed by atoms with Gasteiger partial charge in [-0.25, -0.2) is 14.8 Å². The molecule has 0 radical (unpaired) electrons. The van der Waals surface area contributed by atoms with E-state index in [1.54, 1.807) is 13.8 Å². The summed E-state index contributed by atoms with van der Waals surface area (Å²) >= 11 is 0. The van der Waals surface area contributed by atoms with Crippen molar-refractivity contribution in [2.75, 3.05) is 13.2 Å². The molecule has 0 aliphatic rings. The molecule has 12 heteroatoms. The lowest BCUT2D eigenvalue weighted by Crippen LogP contribution is -2.35. The Balaban J connectivity index is -0.000000297. The smallest absolute Gasteiger partial charge is 0.450 e. The van der Waals surface area contributed by atoms with Gasteiger partial charge in [0.2, 0.25) is 0 Å². The standard InChI is InChI=1S/C6H14O6.2CH2O3/c1-4-8-6(3,9-5-2)10-12-11-7;2*2-1(3)4/h7H,4-5H2,1-3H3;2*(H2,2,3,4). The van der Waals surface area contributed by atoms with E-state index in [1.807, 2.05) is 0 Å². The highest BCUT2D eigenvalue weighted by Crippen LogP contribution is 2.14. The van der Waals surface area contributed by atoms with E-state index in [-0.39, 0.29) is 0 Å². The molecular weight excluding hydrogens is 288 g/mol. The first-order chi connectivity index (χ1) is 9.15. The summed E-state index contributed by atoms with van der Waals surface area (Å²) in [5, 5.41) is 42.8. The molecule has 0 heterocycles. The van der Waals surface area contributed by atoms with Crippen molar-refractivity contribution in [2.45, 2.75) is 26.7 Å². The predicted molar refractivity (Wildman–Crippen MR) is 58.8 cm³/mol. The summed E-state index contributed by atoms with van der Waals surface area (Å²) in [6, 6.07) is 0. The molecule has 0 atom stereocenters. The van der Waals surface area contributed by atoms with Gasteiger partial charge in [-0.05, 0) is 23.9 Å². The Labute approximate surface area is 113 Å². The van der Waals surface area contributed by atoms with Gasteiger partial charge in [-0.15, -0.1) is 4.89 Å². The topological polar surface area (TPSA) is 181 Å². The molecule has 5 N–H and O–H groups in total. The van der Waals surface area contributed by atoms with Crippen molar-refractivity contribution in [2.24, 2.45) is 0 Å². The zero-order valence-electron chi connectivity index (χ0n) is 11.0. The Morgan fingerprint density at radius 1 is 0.950 bits per heavy atom. The van der Waals surface area contributed by atoms with Crippen LogP contribution in [0.5, 0.6) is 0 Å². The van der Waals surface area contributed by atoms with Crippen molar-refractivity contribution in [3.8, 4) is 0 Å². The summed E-state index contributed by atoms with van der Waals surface area (Å²) in [7, 11) is 0. The van der Waals surface area contributed by atoms with Crippen LogP contribution in [0.1, 0.15) is 20.8 Å². The van der Waals surface area contributed by atoms with Crippen LogP contribution < -0.4 is 0 Å². The molecule has 122 valence electrons. The third kappa shape index (κ3) is 29.9. The first kappa shape index (κ1) is 23.4. The van der Waals surface area contributed by atoms with Gasteiger partial charge < -0.3 is 29.9 Å². The van der Waals surface area contributed by atoms with Crippen LogP contribution >= 0.6 is 0 Å². The first-order valence-electron chi connectivity index (χ1n) is 4.92.